The molecule has 1 aromatic heterocycles. The van der Waals surface area contributed by atoms with Crippen LogP contribution in [-0.4, -0.2) is 53.5 Å². The number of carbonyl (C=O) groups excluding carboxylic acids is 1. The molecule has 0 N–H and O–H groups in total. The molecule has 2 heterocycles. The van der Waals surface area contributed by atoms with E-state index in [-0.39, 0.29) is 11.9 Å². The van der Waals surface area contributed by atoms with Gasteiger partial charge in [-0.3, -0.25) is 9.69 Å². The highest BCUT2D eigenvalue weighted by molar-refractivity contribution is 5.76. The molecule has 1 aliphatic rings. The number of nitrogens with zero attached hydrogens (tertiary/aromatic N) is 3. The number of methoxy groups -OCH3 is 1. The van der Waals surface area contributed by atoms with Gasteiger partial charge in [-0.1, -0.05) is 30.3 Å². The summed E-state index contributed by atoms with van der Waals surface area (Å²) in [5.74, 6) is 2.26. The highest BCUT2D eigenvalue weighted by atomic mass is 16.5. The van der Waals surface area contributed by atoms with Crippen LogP contribution in [0, 0.1) is 0 Å². The van der Waals surface area contributed by atoms with Crippen LogP contribution < -0.4 is 4.74 Å². The van der Waals surface area contributed by atoms with Crippen molar-refractivity contribution in [2.75, 3.05) is 26.7 Å². The van der Waals surface area contributed by atoms with Gasteiger partial charge in [0, 0.05) is 50.6 Å². The van der Waals surface area contributed by atoms with E-state index in [2.05, 4.69) is 41.1 Å². The van der Waals surface area contributed by atoms with Gasteiger partial charge in [0.2, 0.25) is 5.91 Å². The molecule has 2 aromatic carbocycles. The zero-order valence-corrected chi connectivity index (χ0v) is 18.2. The molecule has 1 fully saturated rings. The van der Waals surface area contributed by atoms with Crippen LogP contribution in [0.2, 0.25) is 0 Å². The molecule has 1 saturated heterocycles. The van der Waals surface area contributed by atoms with Crippen LogP contribution in [0.1, 0.15) is 24.8 Å². The predicted molar refractivity (Wildman–Crippen MR) is 120 cm³/mol. The van der Waals surface area contributed by atoms with Crippen molar-refractivity contribution in [1.82, 2.24) is 14.8 Å². The number of oxazole rings is 1. The van der Waals surface area contributed by atoms with Gasteiger partial charge in [0.15, 0.2) is 11.7 Å². The summed E-state index contributed by atoms with van der Waals surface area (Å²) in [6.45, 7) is 5.60. The quantitative estimate of drug-likeness (QED) is 0.579. The number of hydrogen-bond acceptors (Lipinski definition) is 5. The second-order valence-electron chi connectivity index (χ2n) is 8.00. The molecule has 3 aromatic rings. The first kappa shape index (κ1) is 21.1. The highest BCUT2D eigenvalue weighted by Crippen LogP contribution is 2.24. The van der Waals surface area contributed by atoms with Crippen molar-refractivity contribution in [2.45, 2.75) is 32.4 Å². The van der Waals surface area contributed by atoms with Gasteiger partial charge in [0.05, 0.1) is 13.3 Å². The van der Waals surface area contributed by atoms with Crippen LogP contribution in [0.15, 0.2) is 65.2 Å². The lowest BCUT2D eigenvalue weighted by Gasteiger charge is -2.40. The van der Waals surface area contributed by atoms with Crippen LogP contribution >= 0.6 is 0 Å². The average Bonchev–Trinajstić information content (AvgIpc) is 3.27. The van der Waals surface area contributed by atoms with Crippen molar-refractivity contribution in [1.29, 1.82) is 0 Å². The van der Waals surface area contributed by atoms with Crippen molar-refractivity contribution in [3.8, 4) is 17.1 Å². The number of hydrogen-bond donors (Lipinski definition) is 0. The zero-order valence-electron chi connectivity index (χ0n) is 18.2. The van der Waals surface area contributed by atoms with E-state index in [1.807, 2.05) is 35.2 Å². The van der Waals surface area contributed by atoms with Gasteiger partial charge in [-0.25, -0.2) is 4.98 Å². The summed E-state index contributed by atoms with van der Waals surface area (Å²) in [5.41, 5.74) is 2.25. The van der Waals surface area contributed by atoms with Crippen LogP contribution in [0.3, 0.4) is 0 Å². The zero-order chi connectivity index (χ0) is 21.6. The largest absolute Gasteiger partial charge is 0.497 e. The van der Waals surface area contributed by atoms with Crippen molar-refractivity contribution >= 4 is 5.91 Å². The van der Waals surface area contributed by atoms with Crippen molar-refractivity contribution in [3.05, 3.63) is 72.2 Å². The van der Waals surface area contributed by atoms with Crippen LogP contribution in [0.25, 0.3) is 11.3 Å². The standard InChI is InChI=1S/C25H29N3O3/c1-19-17-27(18-20-6-4-3-5-7-20)14-15-28(19)25(29)13-12-24-26-16-23(31-24)21-8-10-22(30-2)11-9-21/h3-11,16,19H,12-15,17-18H2,1-2H3. The van der Waals surface area contributed by atoms with Crippen molar-refractivity contribution in [3.63, 3.8) is 0 Å². The molecular weight excluding hydrogens is 390 g/mol. The maximum atomic E-state index is 12.8. The second kappa shape index (κ2) is 9.79. The SMILES string of the molecule is COc1ccc(-c2cnc(CCC(=O)N3CCN(Cc4ccccc4)CC3C)o2)cc1. The summed E-state index contributed by atoms with van der Waals surface area (Å²) in [6, 6.07) is 18.3. The maximum absolute atomic E-state index is 12.8. The van der Waals surface area contributed by atoms with Gasteiger partial charge in [0.25, 0.3) is 0 Å². The molecule has 1 amide bonds. The normalized spacial score (nSPS) is 17.0. The molecule has 162 valence electrons. The third kappa shape index (κ3) is 5.33. The first-order valence-electron chi connectivity index (χ1n) is 10.8. The highest BCUT2D eigenvalue weighted by Gasteiger charge is 2.27. The summed E-state index contributed by atoms with van der Waals surface area (Å²) < 4.78 is 11.0. The first-order chi connectivity index (χ1) is 15.1. The number of benzene rings is 2. The Morgan fingerprint density at radius 2 is 1.90 bits per heavy atom. The Morgan fingerprint density at radius 1 is 1.13 bits per heavy atom. The van der Waals surface area contributed by atoms with Crippen molar-refractivity contribution in [2.24, 2.45) is 0 Å². The number of carbonyl (C=O) groups is 1. The molecular formula is C25H29N3O3. The maximum Gasteiger partial charge on any atom is 0.223 e. The molecule has 0 aliphatic carbocycles. The molecule has 6 heteroatoms. The van der Waals surface area contributed by atoms with Gasteiger partial charge in [-0.15, -0.1) is 0 Å². The summed E-state index contributed by atoms with van der Waals surface area (Å²) >= 11 is 0. The second-order valence-corrected chi connectivity index (χ2v) is 8.00. The van der Waals surface area contributed by atoms with E-state index in [4.69, 9.17) is 9.15 Å². The summed E-state index contributed by atoms with van der Waals surface area (Å²) in [7, 11) is 1.64. The Balaban J connectivity index is 1.27. The molecule has 0 saturated carbocycles. The fourth-order valence-corrected chi connectivity index (χ4v) is 4.06. The Kier molecular flexibility index (Phi) is 6.67. The molecule has 6 nitrogen and oxygen atoms in total. The van der Waals surface area contributed by atoms with Gasteiger partial charge in [-0.05, 0) is 36.8 Å². The fourth-order valence-electron chi connectivity index (χ4n) is 4.06. The third-order valence-corrected chi connectivity index (χ3v) is 5.76. The van der Waals surface area contributed by atoms with E-state index in [1.165, 1.54) is 5.56 Å². The summed E-state index contributed by atoms with van der Waals surface area (Å²) in [4.78, 5) is 21.6. The molecule has 1 atom stereocenters. The minimum atomic E-state index is 0.163. The van der Waals surface area contributed by atoms with Crippen LogP contribution in [0.5, 0.6) is 5.75 Å². The van der Waals surface area contributed by atoms with Crippen molar-refractivity contribution < 1.29 is 13.9 Å². The van der Waals surface area contributed by atoms with E-state index >= 15 is 0 Å². The smallest absolute Gasteiger partial charge is 0.223 e. The number of aryl methyl sites for hydroxylation is 1. The third-order valence-electron chi connectivity index (χ3n) is 5.76. The minimum Gasteiger partial charge on any atom is -0.497 e. The number of ether oxygens (including phenoxy) is 1. The fraction of sp³-hybridized carbons (Fsp3) is 0.360. The van der Waals surface area contributed by atoms with E-state index in [0.29, 0.717) is 24.5 Å². The van der Waals surface area contributed by atoms with E-state index < -0.39 is 0 Å². The monoisotopic (exact) mass is 419 g/mol. The van der Waals surface area contributed by atoms with Gasteiger partial charge in [-0.2, -0.15) is 0 Å². The molecule has 0 bridgehead atoms. The number of rotatable bonds is 7. The minimum absolute atomic E-state index is 0.163. The Labute approximate surface area is 183 Å². The Morgan fingerprint density at radius 3 is 2.61 bits per heavy atom. The topological polar surface area (TPSA) is 58.8 Å². The van der Waals surface area contributed by atoms with Gasteiger partial charge >= 0.3 is 0 Å². The lowest BCUT2D eigenvalue weighted by atomic mass is 10.1. The molecule has 0 spiro atoms. The average molecular weight is 420 g/mol. The number of aromatic nitrogens is 1. The predicted octanol–water partition coefficient (Wildman–Crippen LogP) is 4.02. The summed E-state index contributed by atoms with van der Waals surface area (Å²) in [6.07, 6.45) is 2.63. The molecule has 4 rings (SSSR count). The Bertz CT molecular complexity index is 985. The molecule has 0 radical (unpaired) electrons. The summed E-state index contributed by atoms with van der Waals surface area (Å²) in [5, 5.41) is 0. The van der Waals surface area contributed by atoms with Crippen LogP contribution in [-0.2, 0) is 17.8 Å². The number of piperazine rings is 1. The Hall–Kier alpha value is -3.12. The lowest BCUT2D eigenvalue weighted by molar-refractivity contribution is -0.135. The lowest BCUT2D eigenvalue weighted by Crippen LogP contribution is -2.53. The van der Waals surface area contributed by atoms with Crippen LogP contribution in [0.4, 0.5) is 0 Å². The van der Waals surface area contributed by atoms with Gasteiger partial charge in [0.1, 0.15) is 5.75 Å². The van der Waals surface area contributed by atoms with E-state index in [9.17, 15) is 4.79 Å². The molecule has 31 heavy (non-hydrogen) atoms. The first-order valence-corrected chi connectivity index (χ1v) is 10.8. The van der Waals surface area contributed by atoms with Gasteiger partial charge < -0.3 is 14.1 Å². The number of amides is 1. The molecule has 1 aliphatic heterocycles. The molecule has 1 unspecified atom stereocenters. The van der Waals surface area contributed by atoms with E-state index in [0.717, 1.165) is 37.5 Å². The van der Waals surface area contributed by atoms with E-state index in [1.54, 1.807) is 13.3 Å².